The number of carboxylic acid groups (broad SMARTS) is 1. The molecule has 0 aliphatic carbocycles. The fourth-order valence-corrected chi connectivity index (χ4v) is 2.29. The van der Waals surface area contributed by atoms with Gasteiger partial charge in [-0.15, -0.1) is 0 Å². The summed E-state index contributed by atoms with van der Waals surface area (Å²) in [5.41, 5.74) is 0. The van der Waals surface area contributed by atoms with Gasteiger partial charge in [0.2, 0.25) is 10.0 Å². The molecule has 0 unspecified atom stereocenters. The van der Waals surface area contributed by atoms with Gasteiger partial charge in [-0.3, -0.25) is 4.79 Å². The average Bonchev–Trinajstić information content (AvgIpc) is 2.14. The van der Waals surface area contributed by atoms with Crippen molar-refractivity contribution in [3.8, 4) is 0 Å². The first kappa shape index (κ1) is 14.3. The average molecular weight is 239 g/mol. The molecule has 0 aliphatic rings. The molecule has 0 rings (SSSR count). The van der Waals surface area contributed by atoms with Crippen LogP contribution in [0.1, 0.15) is 19.8 Å². The molecule has 0 bridgehead atoms. The second kappa shape index (κ2) is 6.76. The number of aliphatic carboxylic acids is 1. The Labute approximate surface area is 89.7 Å². The Bertz CT molecular complexity index is 287. The van der Waals surface area contributed by atoms with Gasteiger partial charge >= 0.3 is 5.97 Å². The second-order valence-corrected chi connectivity index (χ2v) is 4.96. The van der Waals surface area contributed by atoms with E-state index < -0.39 is 22.0 Å². The molecule has 0 heterocycles. The number of hydrogen-bond donors (Lipinski definition) is 2. The van der Waals surface area contributed by atoms with Gasteiger partial charge in [0.1, 0.15) is 6.04 Å². The van der Waals surface area contributed by atoms with Crippen LogP contribution in [0.5, 0.6) is 0 Å². The van der Waals surface area contributed by atoms with Crippen LogP contribution in [-0.4, -0.2) is 45.0 Å². The van der Waals surface area contributed by atoms with Crippen LogP contribution >= 0.6 is 0 Å². The highest BCUT2D eigenvalue weighted by atomic mass is 32.2. The van der Waals surface area contributed by atoms with Crippen LogP contribution in [0.4, 0.5) is 0 Å². The van der Waals surface area contributed by atoms with Crippen LogP contribution in [0.2, 0.25) is 0 Å². The highest BCUT2D eigenvalue weighted by Crippen LogP contribution is 1.97. The van der Waals surface area contributed by atoms with Crippen LogP contribution in [-0.2, 0) is 19.6 Å². The lowest BCUT2D eigenvalue weighted by Crippen LogP contribution is -2.41. The minimum atomic E-state index is -3.52. The molecule has 0 amide bonds. The molecule has 0 aromatic heterocycles. The van der Waals surface area contributed by atoms with E-state index in [9.17, 15) is 13.2 Å². The van der Waals surface area contributed by atoms with Crippen molar-refractivity contribution in [2.75, 3.05) is 19.5 Å². The van der Waals surface area contributed by atoms with Gasteiger partial charge in [-0.25, -0.2) is 13.1 Å². The van der Waals surface area contributed by atoms with Crippen molar-refractivity contribution in [2.45, 2.75) is 25.8 Å². The van der Waals surface area contributed by atoms with Crippen molar-refractivity contribution in [3.63, 3.8) is 0 Å². The van der Waals surface area contributed by atoms with Crippen LogP contribution in [0.3, 0.4) is 0 Å². The molecule has 6 nitrogen and oxygen atoms in total. The van der Waals surface area contributed by atoms with Crippen molar-refractivity contribution >= 4 is 16.0 Å². The summed E-state index contributed by atoms with van der Waals surface area (Å²) in [6, 6.07) is -1.04. The minimum Gasteiger partial charge on any atom is -0.480 e. The maximum Gasteiger partial charge on any atom is 0.321 e. The normalized spacial score (nSPS) is 13.7. The van der Waals surface area contributed by atoms with Gasteiger partial charge in [0.15, 0.2) is 0 Å². The van der Waals surface area contributed by atoms with Gasteiger partial charge in [0, 0.05) is 13.7 Å². The molecule has 7 heteroatoms. The Balaban J connectivity index is 4.17. The third-order valence-electron chi connectivity index (χ3n) is 1.79. The van der Waals surface area contributed by atoms with Crippen LogP contribution in [0.15, 0.2) is 0 Å². The van der Waals surface area contributed by atoms with Crippen molar-refractivity contribution in [1.82, 2.24) is 4.72 Å². The Morgan fingerprint density at radius 2 is 2.13 bits per heavy atom. The number of ether oxygens (including phenoxy) is 1. The lowest BCUT2D eigenvalue weighted by atomic mass is 10.2. The summed E-state index contributed by atoms with van der Waals surface area (Å²) < 4.78 is 29.5. The van der Waals surface area contributed by atoms with Crippen molar-refractivity contribution < 1.29 is 23.1 Å². The summed E-state index contributed by atoms with van der Waals surface area (Å²) in [5, 5.41) is 8.66. The SMILES string of the molecule is CC[C@H](NS(=O)(=O)CCCOC)C(=O)O. The molecule has 0 saturated carbocycles. The number of carbonyl (C=O) groups is 1. The predicted octanol–water partition coefficient (Wildman–Crippen LogP) is -0.194. The zero-order valence-electron chi connectivity index (χ0n) is 8.89. The predicted molar refractivity (Wildman–Crippen MR) is 55.1 cm³/mol. The van der Waals surface area contributed by atoms with E-state index in [1.807, 2.05) is 0 Å². The quantitative estimate of drug-likeness (QED) is 0.572. The molecule has 0 aromatic carbocycles. The molecule has 0 fully saturated rings. The van der Waals surface area contributed by atoms with Crippen molar-refractivity contribution in [3.05, 3.63) is 0 Å². The lowest BCUT2D eigenvalue weighted by molar-refractivity contribution is -0.139. The van der Waals surface area contributed by atoms with Gasteiger partial charge in [0.25, 0.3) is 0 Å². The Morgan fingerprint density at radius 3 is 2.53 bits per heavy atom. The molecular formula is C8H17NO5S. The number of methoxy groups -OCH3 is 1. The molecule has 0 radical (unpaired) electrons. The molecule has 0 saturated heterocycles. The minimum absolute atomic E-state index is 0.120. The number of rotatable bonds is 8. The maximum atomic E-state index is 11.3. The first-order valence-corrected chi connectivity index (χ1v) is 6.30. The first-order valence-electron chi connectivity index (χ1n) is 4.64. The van der Waals surface area contributed by atoms with Gasteiger partial charge in [-0.1, -0.05) is 6.92 Å². The summed E-state index contributed by atoms with van der Waals surface area (Å²) in [6.07, 6.45) is 0.570. The molecule has 0 spiro atoms. The largest absolute Gasteiger partial charge is 0.480 e. The van der Waals surface area contributed by atoms with Crippen LogP contribution in [0, 0.1) is 0 Å². The Kier molecular flexibility index (Phi) is 6.46. The van der Waals surface area contributed by atoms with E-state index in [2.05, 4.69) is 4.72 Å². The number of carboxylic acids is 1. The molecule has 1 atom stereocenters. The van der Waals surface area contributed by atoms with E-state index in [-0.39, 0.29) is 12.2 Å². The van der Waals surface area contributed by atoms with Crippen LogP contribution in [0.25, 0.3) is 0 Å². The van der Waals surface area contributed by atoms with E-state index in [1.165, 1.54) is 7.11 Å². The topological polar surface area (TPSA) is 92.7 Å². The fraction of sp³-hybridized carbons (Fsp3) is 0.875. The molecule has 90 valence electrons. The summed E-state index contributed by atoms with van der Waals surface area (Å²) in [7, 11) is -2.04. The first-order chi connectivity index (χ1) is 6.93. The molecule has 0 aliphatic heterocycles. The summed E-state index contributed by atoms with van der Waals surface area (Å²) in [5.74, 6) is -1.28. The van der Waals surface area contributed by atoms with Gasteiger partial charge in [0.05, 0.1) is 5.75 Å². The highest BCUT2D eigenvalue weighted by molar-refractivity contribution is 7.89. The van der Waals surface area contributed by atoms with Crippen LogP contribution < -0.4 is 4.72 Å². The monoisotopic (exact) mass is 239 g/mol. The summed E-state index contributed by atoms with van der Waals surface area (Å²) in [6.45, 7) is 1.95. The third-order valence-corrected chi connectivity index (χ3v) is 3.26. The van der Waals surface area contributed by atoms with E-state index in [0.717, 1.165) is 0 Å². The molecule has 2 N–H and O–H groups in total. The Hall–Kier alpha value is -0.660. The molecule has 0 aromatic rings. The van der Waals surface area contributed by atoms with Crippen molar-refractivity contribution in [2.24, 2.45) is 0 Å². The van der Waals surface area contributed by atoms with Gasteiger partial charge in [-0.05, 0) is 12.8 Å². The number of nitrogens with one attached hydrogen (secondary N) is 1. The van der Waals surface area contributed by atoms with E-state index in [0.29, 0.717) is 13.0 Å². The standard InChI is InChI=1S/C8H17NO5S/c1-3-7(8(10)11)9-15(12,13)6-4-5-14-2/h7,9H,3-6H2,1-2H3,(H,10,11)/t7-/m0/s1. The summed E-state index contributed by atoms with van der Waals surface area (Å²) >= 11 is 0. The van der Waals surface area contributed by atoms with E-state index in [4.69, 9.17) is 9.84 Å². The zero-order valence-corrected chi connectivity index (χ0v) is 9.71. The summed E-state index contributed by atoms with van der Waals surface area (Å²) in [4.78, 5) is 10.6. The van der Waals surface area contributed by atoms with Gasteiger partial charge in [-0.2, -0.15) is 0 Å². The lowest BCUT2D eigenvalue weighted by Gasteiger charge is -2.12. The second-order valence-electron chi connectivity index (χ2n) is 3.08. The highest BCUT2D eigenvalue weighted by Gasteiger charge is 2.21. The van der Waals surface area contributed by atoms with E-state index in [1.54, 1.807) is 6.92 Å². The number of hydrogen-bond acceptors (Lipinski definition) is 4. The molecular weight excluding hydrogens is 222 g/mol. The van der Waals surface area contributed by atoms with E-state index >= 15 is 0 Å². The maximum absolute atomic E-state index is 11.3. The fourth-order valence-electron chi connectivity index (χ4n) is 0.977. The van der Waals surface area contributed by atoms with Crippen molar-refractivity contribution in [1.29, 1.82) is 0 Å². The number of sulfonamides is 1. The zero-order chi connectivity index (χ0) is 11.9. The smallest absolute Gasteiger partial charge is 0.321 e. The Morgan fingerprint density at radius 1 is 1.53 bits per heavy atom. The third kappa shape index (κ3) is 6.43. The molecule has 15 heavy (non-hydrogen) atoms. The van der Waals surface area contributed by atoms with Gasteiger partial charge < -0.3 is 9.84 Å².